The van der Waals surface area contributed by atoms with Crippen LogP contribution in [-0.4, -0.2) is 38.0 Å². The molecule has 5 heteroatoms. The minimum absolute atomic E-state index is 0.203. The molecule has 2 aliphatic carbocycles. The highest BCUT2D eigenvalue weighted by Gasteiger charge is 2.26. The van der Waals surface area contributed by atoms with E-state index in [9.17, 15) is 5.11 Å². The van der Waals surface area contributed by atoms with E-state index in [1.165, 1.54) is 40.8 Å². The molecule has 3 aromatic carbocycles. The Kier molecular flexibility index (Phi) is 7.90. The van der Waals surface area contributed by atoms with Crippen molar-refractivity contribution in [2.75, 3.05) is 31.7 Å². The standard InChI is InChI=1S/C32H40N2O3/c1-4-34(22(2)23-8-13-29(14-9-23)37-18-17-33-27-10-11-27)32-21-30(36-3)15-16-31(32)26-6-5-25-20-28(35)12-7-24(25)19-26/h7-9,12-16,20-22,26-27,33,35H,4-6,10-11,17-19H2,1-3H3. The summed E-state index contributed by atoms with van der Waals surface area (Å²) in [7, 11) is 1.74. The zero-order valence-electron chi connectivity index (χ0n) is 22.4. The SMILES string of the molecule is CCN(c1cc(OC)ccc1C1CCc2cc(O)ccc2C1)C(C)c1ccc(OCCNC2CC2)cc1. The summed E-state index contributed by atoms with van der Waals surface area (Å²) in [5.41, 5.74) is 6.50. The number of methoxy groups -OCH3 is 1. The smallest absolute Gasteiger partial charge is 0.120 e. The molecule has 0 radical (unpaired) electrons. The van der Waals surface area contributed by atoms with Gasteiger partial charge in [-0.3, -0.25) is 0 Å². The predicted molar refractivity (Wildman–Crippen MR) is 150 cm³/mol. The zero-order valence-corrected chi connectivity index (χ0v) is 22.4. The fourth-order valence-electron chi connectivity index (χ4n) is 5.65. The fourth-order valence-corrected chi connectivity index (χ4v) is 5.65. The van der Waals surface area contributed by atoms with Crippen molar-refractivity contribution in [2.45, 2.75) is 64.0 Å². The van der Waals surface area contributed by atoms with Crippen molar-refractivity contribution in [3.63, 3.8) is 0 Å². The lowest BCUT2D eigenvalue weighted by atomic mass is 9.79. The summed E-state index contributed by atoms with van der Waals surface area (Å²) in [4.78, 5) is 2.49. The molecule has 0 aromatic heterocycles. The molecule has 0 spiro atoms. The van der Waals surface area contributed by atoms with Crippen LogP contribution in [0, 0.1) is 0 Å². The Hall–Kier alpha value is -3.18. The van der Waals surface area contributed by atoms with E-state index in [4.69, 9.17) is 9.47 Å². The Balaban J connectivity index is 1.34. The highest BCUT2D eigenvalue weighted by Crippen LogP contribution is 2.41. The molecule has 1 saturated carbocycles. The predicted octanol–water partition coefficient (Wildman–Crippen LogP) is 6.39. The van der Waals surface area contributed by atoms with E-state index in [0.29, 0.717) is 24.3 Å². The first-order valence-electron chi connectivity index (χ1n) is 13.8. The van der Waals surface area contributed by atoms with Crippen LogP contribution in [0.15, 0.2) is 60.7 Å². The fraction of sp³-hybridized carbons (Fsp3) is 0.438. The van der Waals surface area contributed by atoms with Gasteiger partial charge in [-0.05, 0) is 104 Å². The lowest BCUT2D eigenvalue weighted by Crippen LogP contribution is -2.28. The molecule has 2 atom stereocenters. The number of phenolic OH excluding ortho intramolecular Hbond substituents is 1. The van der Waals surface area contributed by atoms with E-state index in [1.807, 2.05) is 12.1 Å². The van der Waals surface area contributed by atoms with E-state index < -0.39 is 0 Å². The number of anilines is 1. The first-order chi connectivity index (χ1) is 18.1. The van der Waals surface area contributed by atoms with Gasteiger partial charge >= 0.3 is 0 Å². The van der Waals surface area contributed by atoms with Crippen molar-refractivity contribution in [2.24, 2.45) is 0 Å². The molecular weight excluding hydrogens is 460 g/mol. The molecule has 37 heavy (non-hydrogen) atoms. The van der Waals surface area contributed by atoms with Gasteiger partial charge in [-0.25, -0.2) is 0 Å². The quantitative estimate of drug-likeness (QED) is 0.299. The maximum Gasteiger partial charge on any atom is 0.120 e. The third-order valence-corrected chi connectivity index (χ3v) is 7.96. The third-order valence-electron chi connectivity index (χ3n) is 7.96. The first-order valence-corrected chi connectivity index (χ1v) is 13.8. The molecule has 3 aromatic rings. The summed E-state index contributed by atoms with van der Waals surface area (Å²) in [6, 6.07) is 21.9. The van der Waals surface area contributed by atoms with Crippen molar-refractivity contribution in [1.29, 1.82) is 0 Å². The van der Waals surface area contributed by atoms with Crippen LogP contribution in [0.25, 0.3) is 0 Å². The van der Waals surface area contributed by atoms with Crippen LogP contribution in [0.2, 0.25) is 0 Å². The van der Waals surface area contributed by atoms with Gasteiger partial charge in [-0.2, -0.15) is 0 Å². The number of nitrogens with zero attached hydrogens (tertiary/aromatic N) is 1. The van der Waals surface area contributed by atoms with Gasteiger partial charge in [0.15, 0.2) is 0 Å². The summed E-state index contributed by atoms with van der Waals surface area (Å²) < 4.78 is 11.6. The van der Waals surface area contributed by atoms with Crippen molar-refractivity contribution >= 4 is 5.69 Å². The van der Waals surface area contributed by atoms with Crippen LogP contribution in [-0.2, 0) is 12.8 Å². The Morgan fingerprint density at radius 1 is 0.973 bits per heavy atom. The number of nitrogens with one attached hydrogen (secondary N) is 1. The summed E-state index contributed by atoms with van der Waals surface area (Å²) in [5, 5.41) is 13.4. The summed E-state index contributed by atoms with van der Waals surface area (Å²) >= 11 is 0. The Morgan fingerprint density at radius 3 is 2.49 bits per heavy atom. The van der Waals surface area contributed by atoms with Gasteiger partial charge in [0.25, 0.3) is 0 Å². The average molecular weight is 501 g/mol. The molecule has 2 aliphatic rings. The second-order valence-electron chi connectivity index (χ2n) is 10.4. The Morgan fingerprint density at radius 2 is 1.76 bits per heavy atom. The highest BCUT2D eigenvalue weighted by atomic mass is 16.5. The Bertz CT molecular complexity index is 1190. The third kappa shape index (κ3) is 6.04. The first kappa shape index (κ1) is 25.5. The molecule has 5 rings (SSSR count). The molecule has 0 amide bonds. The van der Waals surface area contributed by atoms with Gasteiger partial charge in [0, 0.05) is 30.9 Å². The number of ether oxygens (including phenoxy) is 2. The Labute approximate surface area is 221 Å². The maximum atomic E-state index is 9.91. The summed E-state index contributed by atoms with van der Waals surface area (Å²) in [6.45, 7) is 7.00. The van der Waals surface area contributed by atoms with Crippen LogP contribution in [0.4, 0.5) is 5.69 Å². The lowest BCUT2D eigenvalue weighted by molar-refractivity contribution is 0.313. The molecule has 2 unspecified atom stereocenters. The van der Waals surface area contributed by atoms with E-state index in [0.717, 1.165) is 43.9 Å². The molecule has 5 nitrogen and oxygen atoms in total. The van der Waals surface area contributed by atoms with Crippen molar-refractivity contribution in [3.05, 3.63) is 82.9 Å². The van der Waals surface area contributed by atoms with Crippen molar-refractivity contribution < 1.29 is 14.6 Å². The van der Waals surface area contributed by atoms with Crippen LogP contribution >= 0.6 is 0 Å². The van der Waals surface area contributed by atoms with Crippen LogP contribution in [0.1, 0.15) is 67.3 Å². The van der Waals surface area contributed by atoms with Gasteiger partial charge in [0.05, 0.1) is 13.2 Å². The highest BCUT2D eigenvalue weighted by molar-refractivity contribution is 5.61. The second-order valence-corrected chi connectivity index (χ2v) is 10.4. The molecule has 196 valence electrons. The number of fused-ring (bicyclic) bond motifs is 1. The van der Waals surface area contributed by atoms with Crippen LogP contribution in [0.5, 0.6) is 17.2 Å². The van der Waals surface area contributed by atoms with Gasteiger partial charge in [-0.15, -0.1) is 0 Å². The molecule has 0 aliphatic heterocycles. The summed E-state index contributed by atoms with van der Waals surface area (Å²) in [5.74, 6) is 2.60. The normalized spacial score (nSPS) is 17.6. The average Bonchev–Trinajstić information content (AvgIpc) is 3.76. The monoisotopic (exact) mass is 500 g/mol. The van der Waals surface area contributed by atoms with Crippen LogP contribution < -0.4 is 19.7 Å². The molecular formula is C32H40N2O3. The number of aryl methyl sites for hydroxylation is 1. The second kappa shape index (κ2) is 11.5. The number of rotatable bonds is 11. The molecule has 0 saturated heterocycles. The van der Waals surface area contributed by atoms with Crippen molar-refractivity contribution in [3.8, 4) is 17.2 Å². The van der Waals surface area contributed by atoms with Gasteiger partial charge in [-0.1, -0.05) is 24.3 Å². The van der Waals surface area contributed by atoms with E-state index in [-0.39, 0.29) is 6.04 Å². The largest absolute Gasteiger partial charge is 0.508 e. The van der Waals surface area contributed by atoms with Gasteiger partial charge in [0.1, 0.15) is 23.9 Å². The van der Waals surface area contributed by atoms with E-state index >= 15 is 0 Å². The topological polar surface area (TPSA) is 54.0 Å². The maximum absolute atomic E-state index is 9.91. The van der Waals surface area contributed by atoms with E-state index in [2.05, 4.69) is 72.6 Å². The summed E-state index contributed by atoms with van der Waals surface area (Å²) in [6.07, 6.45) is 5.65. The van der Waals surface area contributed by atoms with Crippen LogP contribution in [0.3, 0.4) is 0 Å². The minimum atomic E-state index is 0.203. The number of hydrogen-bond donors (Lipinski definition) is 2. The van der Waals surface area contributed by atoms with Gasteiger partial charge in [0.2, 0.25) is 0 Å². The number of aromatic hydroxyl groups is 1. The lowest BCUT2D eigenvalue weighted by Gasteiger charge is -2.35. The molecule has 2 N–H and O–H groups in total. The number of benzene rings is 3. The molecule has 1 fully saturated rings. The molecule has 0 bridgehead atoms. The number of hydrogen-bond acceptors (Lipinski definition) is 5. The number of phenols is 1. The molecule has 0 heterocycles. The van der Waals surface area contributed by atoms with Gasteiger partial charge < -0.3 is 24.8 Å². The van der Waals surface area contributed by atoms with Crippen molar-refractivity contribution in [1.82, 2.24) is 5.32 Å². The zero-order chi connectivity index (χ0) is 25.8. The minimum Gasteiger partial charge on any atom is -0.508 e. The van der Waals surface area contributed by atoms with E-state index in [1.54, 1.807) is 7.11 Å².